The largest absolute Gasteiger partial charge is 0.468 e. The van der Waals surface area contributed by atoms with Crippen LogP contribution in [0.1, 0.15) is 18.4 Å². The van der Waals surface area contributed by atoms with Crippen LogP contribution >= 0.6 is 11.7 Å². The molecular formula is C15H16FN3O2S. The van der Waals surface area contributed by atoms with Gasteiger partial charge in [0.25, 0.3) is 11.8 Å². The van der Waals surface area contributed by atoms with E-state index in [1.165, 1.54) is 18.6 Å². The van der Waals surface area contributed by atoms with Crippen molar-refractivity contribution < 1.29 is 13.9 Å². The molecule has 3 unspecified atom stereocenters. The standard InChI is InChI=1S/C15H16FN3O2S/c16-11-4-1-9(2-5-11)8-20-14-15(19-22-18-14)21-13-10-3-6-12(13)17-7-10/h1-2,4-5,10,12-13,17H,3,6-8H2. The van der Waals surface area contributed by atoms with Crippen molar-refractivity contribution in [3.63, 3.8) is 0 Å². The highest BCUT2D eigenvalue weighted by atomic mass is 32.1. The van der Waals surface area contributed by atoms with Crippen molar-refractivity contribution in [1.29, 1.82) is 0 Å². The Hall–Kier alpha value is -1.73. The fourth-order valence-corrected chi connectivity index (χ4v) is 3.60. The van der Waals surface area contributed by atoms with E-state index in [4.69, 9.17) is 9.47 Å². The van der Waals surface area contributed by atoms with Gasteiger partial charge in [0.1, 0.15) is 18.5 Å². The molecule has 3 atom stereocenters. The maximum Gasteiger partial charge on any atom is 0.291 e. The lowest BCUT2D eigenvalue weighted by molar-refractivity contribution is 0.158. The molecule has 1 saturated heterocycles. The summed E-state index contributed by atoms with van der Waals surface area (Å²) in [5, 5.41) is 3.46. The highest BCUT2D eigenvalue weighted by molar-refractivity contribution is 6.99. The average Bonchev–Trinajstić information content (AvgIpc) is 3.24. The van der Waals surface area contributed by atoms with Crippen LogP contribution in [-0.4, -0.2) is 27.4 Å². The molecule has 2 aromatic rings. The molecule has 2 heterocycles. The normalized spacial score (nSPS) is 26.3. The van der Waals surface area contributed by atoms with E-state index in [1.807, 2.05) is 0 Å². The zero-order valence-corrected chi connectivity index (χ0v) is 12.7. The van der Waals surface area contributed by atoms with Gasteiger partial charge < -0.3 is 14.8 Å². The first-order chi connectivity index (χ1) is 10.8. The first-order valence-corrected chi connectivity index (χ1v) is 8.12. The molecule has 0 radical (unpaired) electrons. The van der Waals surface area contributed by atoms with E-state index in [9.17, 15) is 4.39 Å². The molecule has 2 fully saturated rings. The molecule has 1 N–H and O–H groups in total. The fraction of sp³-hybridized carbons (Fsp3) is 0.467. The SMILES string of the molecule is Fc1ccc(COc2nsnc2OC2C3CCC2NC3)cc1. The molecule has 1 saturated carbocycles. The Morgan fingerprint density at radius 3 is 2.68 bits per heavy atom. The van der Waals surface area contributed by atoms with E-state index in [2.05, 4.69) is 14.1 Å². The minimum absolute atomic E-state index is 0.164. The number of piperidine rings is 1. The quantitative estimate of drug-likeness (QED) is 0.916. The Morgan fingerprint density at radius 1 is 1.18 bits per heavy atom. The van der Waals surface area contributed by atoms with Crippen molar-refractivity contribution in [2.45, 2.75) is 31.6 Å². The zero-order valence-electron chi connectivity index (χ0n) is 11.9. The first kappa shape index (κ1) is 13.9. The smallest absolute Gasteiger partial charge is 0.291 e. The lowest BCUT2D eigenvalue weighted by atomic mass is 10.1. The molecule has 0 amide bonds. The Morgan fingerprint density at radius 2 is 2.00 bits per heavy atom. The van der Waals surface area contributed by atoms with Crippen LogP contribution in [0.3, 0.4) is 0 Å². The molecule has 4 rings (SSSR count). The molecule has 2 aliphatic rings. The third-order valence-electron chi connectivity index (χ3n) is 4.32. The molecule has 116 valence electrons. The second-order valence-electron chi connectivity index (χ2n) is 5.72. The lowest BCUT2D eigenvalue weighted by Crippen LogP contribution is -2.31. The molecule has 7 heteroatoms. The van der Waals surface area contributed by atoms with Crippen LogP contribution in [0.5, 0.6) is 11.8 Å². The summed E-state index contributed by atoms with van der Waals surface area (Å²) >= 11 is 1.08. The first-order valence-electron chi connectivity index (χ1n) is 7.39. The minimum atomic E-state index is -0.257. The summed E-state index contributed by atoms with van der Waals surface area (Å²) in [6.45, 7) is 1.33. The highest BCUT2D eigenvalue weighted by Gasteiger charge is 2.44. The summed E-state index contributed by atoms with van der Waals surface area (Å²) < 4.78 is 32.9. The van der Waals surface area contributed by atoms with Crippen LogP contribution in [0, 0.1) is 11.7 Å². The van der Waals surface area contributed by atoms with Gasteiger partial charge in [0.05, 0.1) is 11.7 Å². The molecule has 1 aliphatic carbocycles. The predicted molar refractivity (Wildman–Crippen MR) is 79.6 cm³/mol. The monoisotopic (exact) mass is 321 g/mol. The van der Waals surface area contributed by atoms with Crippen molar-refractivity contribution in [1.82, 2.24) is 14.1 Å². The van der Waals surface area contributed by atoms with Crippen LogP contribution in [0.15, 0.2) is 24.3 Å². The molecule has 1 aromatic carbocycles. The summed E-state index contributed by atoms with van der Waals surface area (Å²) in [4.78, 5) is 0. The number of aromatic nitrogens is 2. The maximum absolute atomic E-state index is 12.9. The third-order valence-corrected chi connectivity index (χ3v) is 4.81. The molecule has 22 heavy (non-hydrogen) atoms. The van der Waals surface area contributed by atoms with Crippen LogP contribution in [-0.2, 0) is 6.61 Å². The van der Waals surface area contributed by atoms with Crippen LogP contribution < -0.4 is 14.8 Å². The molecule has 2 bridgehead atoms. The number of nitrogens with zero attached hydrogens (tertiary/aromatic N) is 2. The summed E-state index contributed by atoms with van der Waals surface area (Å²) in [5.74, 6) is 1.18. The van der Waals surface area contributed by atoms with Gasteiger partial charge in [-0.1, -0.05) is 12.1 Å². The number of halogens is 1. The van der Waals surface area contributed by atoms with Crippen molar-refractivity contribution in [2.75, 3.05) is 6.54 Å². The van der Waals surface area contributed by atoms with Gasteiger partial charge in [-0.2, -0.15) is 0 Å². The minimum Gasteiger partial charge on any atom is -0.468 e. The van der Waals surface area contributed by atoms with E-state index in [0.717, 1.165) is 30.3 Å². The number of hydrogen-bond donors (Lipinski definition) is 1. The average molecular weight is 321 g/mol. The molecule has 1 aliphatic heterocycles. The Kier molecular flexibility index (Phi) is 3.67. The summed E-state index contributed by atoms with van der Waals surface area (Å²) in [6, 6.07) is 6.62. The van der Waals surface area contributed by atoms with E-state index >= 15 is 0 Å². The summed E-state index contributed by atoms with van der Waals surface area (Å²) in [6.07, 6.45) is 2.52. The van der Waals surface area contributed by atoms with Crippen LogP contribution in [0.25, 0.3) is 0 Å². The number of benzene rings is 1. The van der Waals surface area contributed by atoms with E-state index in [1.54, 1.807) is 12.1 Å². The Balaban J connectivity index is 1.41. The summed E-state index contributed by atoms with van der Waals surface area (Å²) in [5.41, 5.74) is 0.878. The molecule has 0 spiro atoms. The van der Waals surface area contributed by atoms with Crippen molar-refractivity contribution in [3.05, 3.63) is 35.6 Å². The second-order valence-corrected chi connectivity index (χ2v) is 6.25. The lowest BCUT2D eigenvalue weighted by Gasteiger charge is -2.16. The number of fused-ring (bicyclic) bond motifs is 2. The van der Waals surface area contributed by atoms with Gasteiger partial charge >= 0.3 is 0 Å². The van der Waals surface area contributed by atoms with E-state index < -0.39 is 0 Å². The number of hydrogen-bond acceptors (Lipinski definition) is 6. The van der Waals surface area contributed by atoms with Gasteiger partial charge in [-0.15, -0.1) is 8.75 Å². The predicted octanol–water partition coefficient (Wildman–Crippen LogP) is 2.39. The number of rotatable bonds is 5. The molecule has 1 aromatic heterocycles. The summed E-state index contributed by atoms with van der Waals surface area (Å²) in [7, 11) is 0. The van der Waals surface area contributed by atoms with Gasteiger partial charge in [0, 0.05) is 18.5 Å². The van der Waals surface area contributed by atoms with Crippen LogP contribution in [0.2, 0.25) is 0 Å². The van der Waals surface area contributed by atoms with Gasteiger partial charge in [0.15, 0.2) is 0 Å². The van der Waals surface area contributed by atoms with Crippen LogP contribution in [0.4, 0.5) is 4.39 Å². The van der Waals surface area contributed by atoms with Gasteiger partial charge in [0.2, 0.25) is 0 Å². The van der Waals surface area contributed by atoms with Gasteiger partial charge in [-0.05, 0) is 30.5 Å². The molecular weight excluding hydrogens is 305 g/mol. The van der Waals surface area contributed by atoms with Gasteiger partial charge in [-0.25, -0.2) is 4.39 Å². The Labute approximate surface area is 131 Å². The van der Waals surface area contributed by atoms with E-state index in [0.29, 0.717) is 30.3 Å². The highest BCUT2D eigenvalue weighted by Crippen LogP contribution is 2.36. The van der Waals surface area contributed by atoms with Crippen molar-refractivity contribution in [3.8, 4) is 11.8 Å². The third kappa shape index (κ3) is 2.66. The number of ether oxygens (including phenoxy) is 2. The molecule has 5 nitrogen and oxygen atoms in total. The maximum atomic E-state index is 12.9. The topological polar surface area (TPSA) is 56.3 Å². The van der Waals surface area contributed by atoms with E-state index in [-0.39, 0.29) is 11.9 Å². The fourth-order valence-electron chi connectivity index (χ4n) is 3.16. The van der Waals surface area contributed by atoms with Crippen molar-refractivity contribution in [2.24, 2.45) is 5.92 Å². The van der Waals surface area contributed by atoms with Gasteiger partial charge in [-0.3, -0.25) is 0 Å². The zero-order chi connectivity index (χ0) is 14.9. The number of nitrogens with one attached hydrogen (secondary N) is 1. The second kappa shape index (κ2) is 5.81. The Bertz CT molecular complexity index is 628. The van der Waals surface area contributed by atoms with Crippen molar-refractivity contribution >= 4 is 11.7 Å².